The van der Waals surface area contributed by atoms with Gasteiger partial charge in [-0.1, -0.05) is 19.3 Å². The molecule has 0 bridgehead atoms. The summed E-state index contributed by atoms with van der Waals surface area (Å²) >= 11 is 0. The minimum atomic E-state index is -0.733. The van der Waals surface area contributed by atoms with E-state index in [1.165, 1.54) is 24.2 Å². The highest BCUT2D eigenvalue weighted by Crippen LogP contribution is 2.35. The molecule has 1 aliphatic carbocycles. The molecule has 32 heavy (non-hydrogen) atoms. The highest BCUT2D eigenvalue weighted by molar-refractivity contribution is 6.05. The molecule has 7 nitrogen and oxygen atoms in total. The van der Waals surface area contributed by atoms with Crippen molar-refractivity contribution in [2.45, 2.75) is 82.6 Å². The molecule has 1 aromatic carbocycles. The number of benzene rings is 1. The van der Waals surface area contributed by atoms with Crippen molar-refractivity contribution in [3.63, 3.8) is 0 Å². The van der Waals surface area contributed by atoms with E-state index in [1.54, 1.807) is 12.1 Å². The Morgan fingerprint density at radius 1 is 0.938 bits per heavy atom. The molecule has 5 rings (SSSR count). The van der Waals surface area contributed by atoms with Gasteiger partial charge in [-0.05, 0) is 44.2 Å². The minimum absolute atomic E-state index is 0.0569. The van der Waals surface area contributed by atoms with Crippen LogP contribution in [0.3, 0.4) is 0 Å². The zero-order chi connectivity index (χ0) is 22.2. The van der Waals surface area contributed by atoms with Crippen molar-refractivity contribution in [1.82, 2.24) is 10.2 Å². The number of hydrogen-bond donors (Lipinski definition) is 1. The van der Waals surface area contributed by atoms with Crippen LogP contribution in [0.25, 0.3) is 0 Å². The third kappa shape index (κ3) is 4.00. The van der Waals surface area contributed by atoms with Crippen LogP contribution < -0.4 is 10.2 Å². The first-order chi connectivity index (χ1) is 15.5. The Balaban J connectivity index is 1.25. The fourth-order valence-corrected chi connectivity index (χ4v) is 5.54. The van der Waals surface area contributed by atoms with Gasteiger partial charge in [0.25, 0.3) is 5.91 Å². The van der Waals surface area contributed by atoms with Crippen LogP contribution in [0.5, 0.6) is 0 Å². The summed E-state index contributed by atoms with van der Waals surface area (Å²) in [6.45, 7) is 1.50. The molecule has 1 N–H and O–H groups in total. The smallest absolute Gasteiger partial charge is 0.255 e. The number of carbonyl (C=O) groups is 3. The maximum atomic E-state index is 15.5. The van der Waals surface area contributed by atoms with Crippen LogP contribution in [0.1, 0.15) is 73.7 Å². The molecule has 1 atom stereocenters. The van der Waals surface area contributed by atoms with Crippen LogP contribution in [0.2, 0.25) is 0 Å². The molecule has 1 unspecified atom stereocenters. The summed E-state index contributed by atoms with van der Waals surface area (Å²) in [5.41, 5.74) is 1.17. The number of nitrogens with zero attached hydrogens (tertiary/aromatic N) is 2. The molecule has 3 amide bonds. The van der Waals surface area contributed by atoms with Crippen molar-refractivity contribution in [2.75, 3.05) is 18.0 Å². The van der Waals surface area contributed by atoms with E-state index in [2.05, 4.69) is 5.32 Å². The van der Waals surface area contributed by atoms with Crippen molar-refractivity contribution in [3.05, 3.63) is 29.1 Å². The SMILES string of the molecule is O=C1CCC(N2Cc3c(ccc(N4CCC(OC5CCCCC5)CC4)c3F)C2=O)C(=O)N1. The van der Waals surface area contributed by atoms with Gasteiger partial charge in [-0.2, -0.15) is 0 Å². The summed E-state index contributed by atoms with van der Waals surface area (Å²) < 4.78 is 21.8. The molecule has 0 radical (unpaired) electrons. The summed E-state index contributed by atoms with van der Waals surface area (Å²) in [6, 6.07) is 2.62. The van der Waals surface area contributed by atoms with Crippen LogP contribution in [0.4, 0.5) is 10.1 Å². The Kier molecular flexibility index (Phi) is 5.88. The van der Waals surface area contributed by atoms with Crippen LogP contribution in [0, 0.1) is 5.82 Å². The Hall–Kier alpha value is -2.48. The number of halogens is 1. The molecule has 1 aromatic rings. The number of ether oxygens (including phenoxy) is 1. The molecule has 3 fully saturated rings. The summed E-state index contributed by atoms with van der Waals surface area (Å²) in [7, 11) is 0. The standard InChI is InChI=1S/C24H30FN3O4/c25-22-18-14-28(20-8-9-21(29)26-23(20)30)24(31)17(18)6-7-19(22)27-12-10-16(11-13-27)32-15-4-2-1-3-5-15/h6-7,15-16,20H,1-5,8-14H2,(H,26,29,30). The molecule has 8 heteroatoms. The van der Waals surface area contributed by atoms with Crippen LogP contribution in [-0.2, 0) is 20.9 Å². The van der Waals surface area contributed by atoms with E-state index in [9.17, 15) is 14.4 Å². The third-order valence-corrected chi connectivity index (χ3v) is 7.35. The molecule has 0 spiro atoms. The van der Waals surface area contributed by atoms with Gasteiger partial charge in [0, 0.05) is 30.6 Å². The van der Waals surface area contributed by atoms with E-state index in [1.807, 2.05) is 4.90 Å². The number of amides is 3. The van der Waals surface area contributed by atoms with Crippen molar-refractivity contribution < 1.29 is 23.5 Å². The number of anilines is 1. The number of rotatable bonds is 4. The molecule has 4 aliphatic rings. The average molecular weight is 444 g/mol. The first kappa shape index (κ1) is 21.4. The number of hydrogen-bond acceptors (Lipinski definition) is 5. The lowest BCUT2D eigenvalue weighted by Crippen LogP contribution is -2.52. The lowest BCUT2D eigenvalue weighted by Gasteiger charge is -2.36. The van der Waals surface area contributed by atoms with E-state index >= 15 is 4.39 Å². The highest BCUT2D eigenvalue weighted by Gasteiger charge is 2.41. The Morgan fingerprint density at radius 3 is 2.38 bits per heavy atom. The predicted molar refractivity (Wildman–Crippen MR) is 116 cm³/mol. The van der Waals surface area contributed by atoms with Gasteiger partial charge < -0.3 is 14.5 Å². The predicted octanol–water partition coefficient (Wildman–Crippen LogP) is 2.90. The third-order valence-electron chi connectivity index (χ3n) is 7.35. The van der Waals surface area contributed by atoms with Gasteiger partial charge >= 0.3 is 0 Å². The number of piperidine rings is 2. The van der Waals surface area contributed by atoms with E-state index in [4.69, 9.17) is 4.74 Å². The molecule has 3 heterocycles. The number of imide groups is 1. The topological polar surface area (TPSA) is 79.0 Å². The van der Waals surface area contributed by atoms with Gasteiger partial charge in [0.15, 0.2) is 5.82 Å². The first-order valence-corrected chi connectivity index (χ1v) is 11.9. The Morgan fingerprint density at radius 2 is 1.66 bits per heavy atom. The quantitative estimate of drug-likeness (QED) is 0.724. The zero-order valence-electron chi connectivity index (χ0n) is 18.3. The van der Waals surface area contributed by atoms with Gasteiger partial charge in [-0.15, -0.1) is 0 Å². The van der Waals surface area contributed by atoms with E-state index in [-0.39, 0.29) is 43.1 Å². The molecular formula is C24H30FN3O4. The summed E-state index contributed by atoms with van der Waals surface area (Å²) in [5, 5.41) is 2.28. The second kappa shape index (κ2) is 8.81. The zero-order valence-corrected chi connectivity index (χ0v) is 18.3. The van der Waals surface area contributed by atoms with Gasteiger partial charge in [0.2, 0.25) is 11.8 Å². The van der Waals surface area contributed by atoms with Crippen LogP contribution in [0.15, 0.2) is 12.1 Å². The van der Waals surface area contributed by atoms with Crippen molar-refractivity contribution in [2.24, 2.45) is 0 Å². The van der Waals surface area contributed by atoms with Crippen LogP contribution in [-0.4, -0.2) is 54.0 Å². The molecule has 0 aromatic heterocycles. The number of carbonyl (C=O) groups excluding carboxylic acids is 3. The van der Waals surface area contributed by atoms with Crippen LogP contribution >= 0.6 is 0 Å². The fraction of sp³-hybridized carbons (Fsp3) is 0.625. The summed E-state index contributed by atoms with van der Waals surface area (Å²) in [4.78, 5) is 39.9. The average Bonchev–Trinajstić information content (AvgIpc) is 3.13. The second-order valence-electron chi connectivity index (χ2n) is 9.41. The second-order valence-corrected chi connectivity index (χ2v) is 9.41. The largest absolute Gasteiger partial charge is 0.375 e. The fourth-order valence-electron chi connectivity index (χ4n) is 5.54. The number of fused-ring (bicyclic) bond motifs is 1. The maximum Gasteiger partial charge on any atom is 0.255 e. The first-order valence-electron chi connectivity index (χ1n) is 11.9. The number of nitrogens with one attached hydrogen (secondary N) is 1. The highest BCUT2D eigenvalue weighted by atomic mass is 19.1. The lowest BCUT2D eigenvalue weighted by molar-refractivity contribution is -0.136. The van der Waals surface area contributed by atoms with E-state index < -0.39 is 11.9 Å². The molecular weight excluding hydrogens is 413 g/mol. The minimum Gasteiger partial charge on any atom is -0.375 e. The van der Waals surface area contributed by atoms with E-state index in [0.29, 0.717) is 22.9 Å². The molecule has 2 saturated heterocycles. The van der Waals surface area contributed by atoms with Crippen molar-refractivity contribution in [3.8, 4) is 0 Å². The van der Waals surface area contributed by atoms with E-state index in [0.717, 1.165) is 38.8 Å². The molecule has 3 aliphatic heterocycles. The van der Waals surface area contributed by atoms with Gasteiger partial charge in [0.05, 0.1) is 24.4 Å². The van der Waals surface area contributed by atoms with Gasteiger partial charge in [-0.3, -0.25) is 19.7 Å². The summed E-state index contributed by atoms with van der Waals surface area (Å²) in [5.74, 6) is -1.54. The lowest BCUT2D eigenvalue weighted by atomic mass is 9.97. The molecule has 172 valence electrons. The Bertz CT molecular complexity index is 922. The van der Waals surface area contributed by atoms with Gasteiger partial charge in [-0.25, -0.2) is 4.39 Å². The van der Waals surface area contributed by atoms with Gasteiger partial charge in [0.1, 0.15) is 6.04 Å². The molecule has 1 saturated carbocycles. The Labute approximate surface area is 187 Å². The normalized spacial score (nSPS) is 25.3. The van der Waals surface area contributed by atoms with Crippen molar-refractivity contribution >= 4 is 23.4 Å². The summed E-state index contributed by atoms with van der Waals surface area (Å²) in [6.07, 6.45) is 8.90. The van der Waals surface area contributed by atoms with Crippen molar-refractivity contribution in [1.29, 1.82) is 0 Å². The monoisotopic (exact) mass is 443 g/mol. The maximum absolute atomic E-state index is 15.5.